The molecule has 1 aliphatic carbocycles. The molecule has 6 heteroatoms. The van der Waals surface area contributed by atoms with Crippen molar-refractivity contribution in [1.82, 2.24) is 20.2 Å². The summed E-state index contributed by atoms with van der Waals surface area (Å²) in [6, 6.07) is 11.0. The first-order valence-corrected chi connectivity index (χ1v) is 10.6. The van der Waals surface area contributed by atoms with Gasteiger partial charge in [-0.3, -0.25) is 4.99 Å². The normalized spacial score (nSPS) is 20.3. The first-order valence-electron chi connectivity index (χ1n) is 9.32. The lowest BCUT2D eigenvalue weighted by Gasteiger charge is -2.17. The van der Waals surface area contributed by atoms with Gasteiger partial charge in [0, 0.05) is 50.2 Å². The maximum atomic E-state index is 4.52. The monoisotopic (exact) mass is 371 g/mol. The minimum atomic E-state index is 0.540. The zero-order valence-electron chi connectivity index (χ0n) is 15.7. The van der Waals surface area contributed by atoms with Crippen molar-refractivity contribution in [3.63, 3.8) is 0 Å². The van der Waals surface area contributed by atoms with Crippen LogP contribution in [0.15, 0.2) is 47.7 Å². The average Bonchev–Trinajstić information content (AvgIpc) is 3.31. The van der Waals surface area contributed by atoms with E-state index in [4.69, 9.17) is 0 Å². The van der Waals surface area contributed by atoms with E-state index in [0.717, 1.165) is 36.5 Å². The van der Waals surface area contributed by atoms with E-state index in [1.807, 2.05) is 31.1 Å². The van der Waals surface area contributed by atoms with Gasteiger partial charge in [0.05, 0.1) is 0 Å². The number of hydrogen-bond acceptors (Lipinski definition) is 3. The summed E-state index contributed by atoms with van der Waals surface area (Å²) in [6.45, 7) is 1.69. The molecule has 1 aliphatic rings. The molecule has 2 atom stereocenters. The Bertz CT molecular complexity index is 697. The Morgan fingerprint density at radius 1 is 1.31 bits per heavy atom. The third kappa shape index (κ3) is 5.27. The predicted octanol–water partition coefficient (Wildman–Crippen LogP) is 2.92. The van der Waals surface area contributed by atoms with Crippen molar-refractivity contribution < 1.29 is 0 Å². The predicted molar refractivity (Wildman–Crippen MR) is 111 cm³/mol. The minimum absolute atomic E-state index is 0.540. The molecule has 2 unspecified atom stereocenters. The Hall–Kier alpha value is -1.95. The third-order valence-corrected chi connectivity index (χ3v) is 6.02. The fourth-order valence-corrected chi connectivity index (χ4v) is 4.25. The number of hydrogen-bond donors (Lipinski definition) is 2. The molecule has 1 fully saturated rings. The zero-order valence-corrected chi connectivity index (χ0v) is 16.5. The van der Waals surface area contributed by atoms with Gasteiger partial charge in [0.2, 0.25) is 0 Å². The topological polar surface area (TPSA) is 54.2 Å². The maximum Gasteiger partial charge on any atom is 0.191 e. The molecule has 5 nitrogen and oxygen atoms in total. The third-order valence-electron chi connectivity index (χ3n) is 4.92. The Morgan fingerprint density at radius 3 is 2.88 bits per heavy atom. The summed E-state index contributed by atoms with van der Waals surface area (Å²) in [7, 11) is 1.84. The van der Waals surface area contributed by atoms with Gasteiger partial charge in [0.25, 0.3) is 0 Å². The van der Waals surface area contributed by atoms with E-state index in [1.54, 1.807) is 0 Å². The van der Waals surface area contributed by atoms with Crippen molar-refractivity contribution in [3.8, 4) is 0 Å². The molecule has 0 amide bonds. The van der Waals surface area contributed by atoms with Crippen molar-refractivity contribution in [2.75, 3.05) is 19.8 Å². The van der Waals surface area contributed by atoms with Crippen LogP contribution in [-0.2, 0) is 13.0 Å². The Labute approximate surface area is 160 Å². The largest absolute Gasteiger partial charge is 0.356 e. The Balaban J connectivity index is 1.46. The average molecular weight is 372 g/mol. The highest BCUT2D eigenvalue weighted by Gasteiger charge is 2.24. The fourth-order valence-electron chi connectivity index (χ4n) is 3.46. The molecule has 2 N–H and O–H groups in total. The van der Waals surface area contributed by atoms with Gasteiger partial charge in [-0.2, -0.15) is 11.8 Å². The molecule has 0 aliphatic heterocycles. The van der Waals surface area contributed by atoms with E-state index in [9.17, 15) is 0 Å². The molecule has 26 heavy (non-hydrogen) atoms. The van der Waals surface area contributed by atoms with Crippen LogP contribution in [0.1, 0.15) is 30.7 Å². The Kier molecular flexibility index (Phi) is 7.00. The minimum Gasteiger partial charge on any atom is -0.356 e. The van der Waals surface area contributed by atoms with Gasteiger partial charge in [0.15, 0.2) is 5.96 Å². The van der Waals surface area contributed by atoms with Gasteiger partial charge >= 0.3 is 0 Å². The summed E-state index contributed by atoms with van der Waals surface area (Å²) in [6.07, 6.45) is 10.8. The molecule has 1 aromatic carbocycles. The van der Waals surface area contributed by atoms with Crippen molar-refractivity contribution in [1.29, 1.82) is 0 Å². The number of thioether (sulfide) groups is 1. The van der Waals surface area contributed by atoms with Gasteiger partial charge in [-0.25, -0.2) is 4.98 Å². The molecule has 0 spiro atoms. The highest BCUT2D eigenvalue weighted by Crippen LogP contribution is 2.27. The number of nitrogens with zero attached hydrogens (tertiary/aromatic N) is 3. The van der Waals surface area contributed by atoms with E-state index in [-0.39, 0.29) is 0 Å². The van der Waals surface area contributed by atoms with E-state index in [1.165, 1.54) is 24.8 Å². The van der Waals surface area contributed by atoms with Crippen molar-refractivity contribution in [2.45, 2.75) is 43.5 Å². The van der Waals surface area contributed by atoms with Crippen LogP contribution in [0.3, 0.4) is 0 Å². The smallest absolute Gasteiger partial charge is 0.191 e. The first kappa shape index (κ1) is 18.8. The second-order valence-corrected chi connectivity index (χ2v) is 7.86. The van der Waals surface area contributed by atoms with Crippen LogP contribution in [0, 0.1) is 0 Å². The quantitative estimate of drug-likeness (QED) is 0.580. The molecule has 140 valence electrons. The lowest BCUT2D eigenvalue weighted by Crippen LogP contribution is -2.43. The molecule has 1 saturated carbocycles. The second-order valence-electron chi connectivity index (χ2n) is 6.72. The molecule has 1 aromatic heterocycles. The number of imidazole rings is 1. The molecule has 3 rings (SSSR count). The number of benzene rings is 1. The zero-order chi connectivity index (χ0) is 18.2. The summed E-state index contributed by atoms with van der Waals surface area (Å²) >= 11 is 1.98. The molecule has 0 bridgehead atoms. The van der Waals surface area contributed by atoms with E-state index >= 15 is 0 Å². The van der Waals surface area contributed by atoms with E-state index in [0.29, 0.717) is 6.04 Å². The summed E-state index contributed by atoms with van der Waals surface area (Å²) in [5, 5.41) is 7.79. The van der Waals surface area contributed by atoms with Crippen LogP contribution in [0.4, 0.5) is 0 Å². The van der Waals surface area contributed by atoms with Crippen LogP contribution in [0.25, 0.3) is 0 Å². The van der Waals surface area contributed by atoms with Crippen LogP contribution >= 0.6 is 11.8 Å². The summed E-state index contributed by atoms with van der Waals surface area (Å²) in [5.41, 5.74) is 1.29. The van der Waals surface area contributed by atoms with Crippen molar-refractivity contribution >= 4 is 17.7 Å². The van der Waals surface area contributed by atoms with Crippen LogP contribution in [0.2, 0.25) is 0 Å². The number of guanidine groups is 1. The second kappa shape index (κ2) is 9.67. The molecule has 0 radical (unpaired) electrons. The van der Waals surface area contributed by atoms with Crippen LogP contribution in [0.5, 0.6) is 0 Å². The number of aromatic nitrogens is 2. The van der Waals surface area contributed by atoms with Crippen LogP contribution in [-0.4, -0.2) is 46.7 Å². The van der Waals surface area contributed by atoms with Gasteiger partial charge in [0.1, 0.15) is 5.82 Å². The first-order chi connectivity index (χ1) is 12.8. The summed E-state index contributed by atoms with van der Waals surface area (Å²) in [5.74, 6) is 2.00. The summed E-state index contributed by atoms with van der Waals surface area (Å²) in [4.78, 5) is 8.89. The van der Waals surface area contributed by atoms with Gasteiger partial charge in [-0.05, 0) is 31.1 Å². The van der Waals surface area contributed by atoms with Crippen molar-refractivity contribution in [3.05, 3.63) is 54.1 Å². The summed E-state index contributed by atoms with van der Waals surface area (Å²) < 4.78 is 2.22. The highest BCUT2D eigenvalue weighted by molar-refractivity contribution is 7.99. The van der Waals surface area contributed by atoms with Crippen LogP contribution < -0.4 is 10.6 Å². The van der Waals surface area contributed by atoms with E-state index in [2.05, 4.69) is 61.9 Å². The van der Waals surface area contributed by atoms with Crippen molar-refractivity contribution in [2.24, 2.45) is 4.99 Å². The molecular weight excluding hydrogens is 342 g/mol. The fraction of sp³-hybridized carbons (Fsp3) is 0.500. The van der Waals surface area contributed by atoms with E-state index < -0.39 is 0 Å². The van der Waals surface area contributed by atoms with Gasteiger partial charge in [-0.1, -0.05) is 30.3 Å². The molecule has 2 aromatic rings. The lowest BCUT2D eigenvalue weighted by molar-refractivity contribution is 0.611. The molecule has 1 heterocycles. The standard InChI is InChI=1S/C20H29N5S/c1-21-20(24-17-8-9-18(14-17)26-2)23-11-10-19-22-12-13-25(19)15-16-6-4-3-5-7-16/h3-7,12-13,17-18H,8-11,14-15H2,1-2H3,(H2,21,23,24). The highest BCUT2D eigenvalue weighted by atomic mass is 32.2. The molecular formula is C20H29N5S. The maximum absolute atomic E-state index is 4.52. The Morgan fingerprint density at radius 2 is 2.15 bits per heavy atom. The number of aliphatic imine (C=N–C) groups is 1. The molecule has 0 saturated heterocycles. The van der Waals surface area contributed by atoms with Gasteiger partial charge < -0.3 is 15.2 Å². The lowest BCUT2D eigenvalue weighted by atomic mass is 10.2. The number of rotatable bonds is 7. The van der Waals surface area contributed by atoms with Gasteiger partial charge in [-0.15, -0.1) is 0 Å². The number of nitrogens with one attached hydrogen (secondary N) is 2. The SMILES string of the molecule is CN=C(NCCc1nccn1Cc1ccccc1)NC1CCC(SC)C1.